The molecule has 132 valence electrons. The molecule has 8 heteroatoms. The Morgan fingerprint density at radius 1 is 1.15 bits per heavy atom. The molecule has 0 aliphatic heterocycles. The largest absolute Gasteiger partial charge is 0.497 e. The molecule has 2 heterocycles. The molecule has 2 unspecified atom stereocenters. The van der Waals surface area contributed by atoms with Crippen molar-refractivity contribution in [3.63, 3.8) is 0 Å². The van der Waals surface area contributed by atoms with Crippen molar-refractivity contribution in [3.8, 4) is 5.75 Å². The van der Waals surface area contributed by atoms with Crippen molar-refractivity contribution in [2.45, 2.75) is 10.8 Å². The lowest BCUT2D eigenvalue weighted by Gasteiger charge is -2.34. The highest BCUT2D eigenvalue weighted by Crippen LogP contribution is 2.50. The lowest BCUT2D eigenvalue weighted by Crippen LogP contribution is -2.27. The third kappa shape index (κ3) is 2.67. The van der Waals surface area contributed by atoms with Crippen molar-refractivity contribution >= 4 is 40.6 Å². The zero-order chi connectivity index (χ0) is 18.3. The number of halogens is 3. The summed E-state index contributed by atoms with van der Waals surface area (Å²) in [5.74, 6) is 0.745. The topological polar surface area (TPSA) is 52.3 Å². The lowest BCUT2D eigenvalue weighted by atomic mass is 9.79. The van der Waals surface area contributed by atoms with Crippen molar-refractivity contribution in [1.29, 1.82) is 0 Å². The molecule has 1 aromatic carbocycles. The molecular weight excluding hydrogens is 395 g/mol. The van der Waals surface area contributed by atoms with Gasteiger partial charge in [-0.1, -0.05) is 59.6 Å². The van der Waals surface area contributed by atoms with Gasteiger partial charge >= 0.3 is 0 Å². The predicted octanol–water partition coefficient (Wildman–Crippen LogP) is 4.78. The molecule has 0 spiro atoms. The second kappa shape index (κ2) is 6.58. The van der Waals surface area contributed by atoms with Crippen LogP contribution in [0.25, 0.3) is 5.78 Å². The van der Waals surface area contributed by atoms with E-state index in [1.807, 2.05) is 48.6 Å². The van der Waals surface area contributed by atoms with E-state index in [4.69, 9.17) is 39.5 Å². The Kier molecular flexibility index (Phi) is 4.39. The summed E-state index contributed by atoms with van der Waals surface area (Å²) in [5.41, 5.74) is 1.48. The van der Waals surface area contributed by atoms with Crippen molar-refractivity contribution in [2.24, 2.45) is 0 Å². The van der Waals surface area contributed by atoms with Gasteiger partial charge in [0.05, 0.1) is 12.0 Å². The van der Waals surface area contributed by atoms with Gasteiger partial charge in [0.15, 0.2) is 0 Å². The van der Waals surface area contributed by atoms with E-state index in [1.54, 1.807) is 7.11 Å². The summed E-state index contributed by atoms with van der Waals surface area (Å²) in [6.07, 6.45) is 9.06. The molecule has 0 saturated heterocycles. The second-order valence-electron chi connectivity index (χ2n) is 5.80. The zero-order valence-electron chi connectivity index (χ0n) is 13.6. The van der Waals surface area contributed by atoms with Crippen LogP contribution >= 0.6 is 34.8 Å². The molecule has 4 rings (SSSR count). The minimum absolute atomic E-state index is 0.249. The van der Waals surface area contributed by atoms with Gasteiger partial charge in [0.2, 0.25) is 0 Å². The lowest BCUT2D eigenvalue weighted by molar-refractivity contribution is 0.414. The van der Waals surface area contributed by atoms with Crippen LogP contribution in [0.4, 0.5) is 0 Å². The van der Waals surface area contributed by atoms with Crippen LogP contribution < -0.4 is 4.74 Å². The van der Waals surface area contributed by atoms with Gasteiger partial charge in [0, 0.05) is 11.5 Å². The monoisotopic (exact) mass is 406 g/mol. The van der Waals surface area contributed by atoms with E-state index < -0.39 is 4.87 Å². The number of methoxy groups -OCH3 is 1. The number of hydrogen-bond acceptors (Lipinski definition) is 4. The molecule has 0 radical (unpaired) electrons. The van der Waals surface area contributed by atoms with E-state index in [9.17, 15) is 0 Å². The summed E-state index contributed by atoms with van der Waals surface area (Å²) in [7, 11) is 1.62. The maximum atomic E-state index is 7.10. The van der Waals surface area contributed by atoms with Crippen LogP contribution in [-0.2, 0) is 4.87 Å². The molecule has 2 aromatic heterocycles. The highest BCUT2D eigenvalue weighted by atomic mass is 35.5. The molecule has 5 nitrogen and oxygen atoms in total. The van der Waals surface area contributed by atoms with Gasteiger partial charge in [-0.05, 0) is 17.7 Å². The summed E-state index contributed by atoms with van der Waals surface area (Å²) in [6.45, 7) is 0. The Bertz CT molecular complexity index is 1030. The van der Waals surface area contributed by atoms with Gasteiger partial charge in [0.1, 0.15) is 22.4 Å². The van der Waals surface area contributed by atoms with E-state index in [-0.39, 0.29) is 11.1 Å². The van der Waals surface area contributed by atoms with E-state index in [2.05, 4.69) is 15.1 Å². The average Bonchev–Trinajstić information content (AvgIpc) is 3.12. The fraction of sp³-hybridized carbons (Fsp3) is 0.167. The number of nitrogens with zero attached hydrogens (tertiary/aromatic N) is 4. The fourth-order valence-electron chi connectivity index (χ4n) is 3.10. The number of allylic oxidation sites excluding steroid dienone is 4. The molecule has 1 aliphatic rings. The van der Waals surface area contributed by atoms with E-state index in [0.717, 1.165) is 11.3 Å². The summed E-state index contributed by atoms with van der Waals surface area (Å²) >= 11 is 20.1. The molecule has 0 N–H and O–H groups in total. The first-order valence-corrected chi connectivity index (χ1v) is 8.92. The SMILES string of the molecule is COc1ccc(C2(Cl)C=CC=CC2c2c(Cl)nc3ncnn3c2Cl)cc1. The molecule has 0 bridgehead atoms. The van der Waals surface area contributed by atoms with Gasteiger partial charge in [-0.3, -0.25) is 0 Å². The molecule has 26 heavy (non-hydrogen) atoms. The first-order valence-electron chi connectivity index (χ1n) is 7.78. The zero-order valence-corrected chi connectivity index (χ0v) is 15.9. The number of aromatic nitrogens is 4. The van der Waals surface area contributed by atoms with Gasteiger partial charge < -0.3 is 4.74 Å². The minimum atomic E-state index is -0.885. The minimum Gasteiger partial charge on any atom is -0.497 e. The Balaban J connectivity index is 1.89. The number of fused-ring (bicyclic) bond motifs is 1. The normalized spacial score (nSPS) is 22.1. The van der Waals surface area contributed by atoms with Crippen LogP contribution in [0.5, 0.6) is 5.75 Å². The number of ether oxygens (including phenoxy) is 1. The maximum Gasteiger partial charge on any atom is 0.254 e. The standard InChI is InChI=1S/C18H13Cl3N4O/c1-26-12-7-5-11(6-8-12)18(21)9-3-2-4-13(18)14-15(19)24-17-22-10-23-25(17)16(14)20/h2-10,13H,1H3. The van der Waals surface area contributed by atoms with Crippen LogP contribution in [0.15, 0.2) is 54.9 Å². The van der Waals surface area contributed by atoms with Gasteiger partial charge in [-0.25, -0.2) is 0 Å². The number of hydrogen-bond donors (Lipinski definition) is 0. The van der Waals surface area contributed by atoms with E-state index >= 15 is 0 Å². The van der Waals surface area contributed by atoms with Crippen LogP contribution in [-0.4, -0.2) is 26.7 Å². The molecular formula is C18H13Cl3N4O. The van der Waals surface area contributed by atoms with Crippen molar-refractivity contribution < 1.29 is 4.74 Å². The van der Waals surface area contributed by atoms with Crippen LogP contribution in [0, 0.1) is 0 Å². The third-order valence-electron chi connectivity index (χ3n) is 4.41. The summed E-state index contributed by atoms with van der Waals surface area (Å²) in [6, 6.07) is 7.58. The molecule has 0 amide bonds. The highest BCUT2D eigenvalue weighted by molar-refractivity contribution is 6.35. The maximum absolute atomic E-state index is 7.10. The van der Waals surface area contributed by atoms with Crippen molar-refractivity contribution in [3.05, 3.63) is 76.3 Å². The first kappa shape index (κ1) is 17.3. The number of alkyl halides is 1. The first-order chi connectivity index (χ1) is 12.5. The summed E-state index contributed by atoms with van der Waals surface area (Å²) in [4.78, 5) is 7.44. The number of benzene rings is 1. The Morgan fingerprint density at radius 3 is 2.65 bits per heavy atom. The quantitative estimate of drug-likeness (QED) is 0.463. The summed E-state index contributed by atoms with van der Waals surface area (Å²) < 4.78 is 6.68. The predicted molar refractivity (Wildman–Crippen MR) is 102 cm³/mol. The van der Waals surface area contributed by atoms with E-state index in [1.165, 1.54) is 10.8 Å². The van der Waals surface area contributed by atoms with E-state index in [0.29, 0.717) is 16.5 Å². The highest BCUT2D eigenvalue weighted by Gasteiger charge is 2.40. The van der Waals surface area contributed by atoms with Crippen molar-refractivity contribution in [2.75, 3.05) is 7.11 Å². The van der Waals surface area contributed by atoms with Gasteiger partial charge in [0.25, 0.3) is 5.78 Å². The molecule has 3 aromatic rings. The fourth-order valence-corrected chi connectivity index (χ4v) is 4.13. The second-order valence-corrected chi connectivity index (χ2v) is 7.14. The molecule has 2 atom stereocenters. The summed E-state index contributed by atoms with van der Waals surface area (Å²) in [5, 5.41) is 4.69. The van der Waals surface area contributed by atoms with Crippen LogP contribution in [0.2, 0.25) is 10.3 Å². The van der Waals surface area contributed by atoms with Crippen LogP contribution in [0.1, 0.15) is 17.0 Å². The van der Waals surface area contributed by atoms with Crippen molar-refractivity contribution in [1.82, 2.24) is 19.6 Å². The average molecular weight is 408 g/mol. The molecule has 0 saturated carbocycles. The number of rotatable bonds is 3. The Labute approximate surface area is 164 Å². The molecule has 1 aliphatic carbocycles. The smallest absolute Gasteiger partial charge is 0.254 e. The van der Waals surface area contributed by atoms with Gasteiger partial charge in [-0.15, -0.1) is 11.6 Å². The van der Waals surface area contributed by atoms with Gasteiger partial charge in [-0.2, -0.15) is 19.6 Å². The Morgan fingerprint density at radius 2 is 1.92 bits per heavy atom. The Hall–Kier alpha value is -2.08. The molecule has 0 fully saturated rings. The third-order valence-corrected chi connectivity index (χ3v) is 5.64. The van der Waals surface area contributed by atoms with Crippen LogP contribution in [0.3, 0.4) is 0 Å².